The lowest BCUT2D eigenvalue weighted by Gasteiger charge is -2.23. The molecule has 2 rings (SSSR count). The predicted octanol–water partition coefficient (Wildman–Crippen LogP) is 3.61. The Morgan fingerprint density at radius 2 is 2.17 bits per heavy atom. The Balaban J connectivity index is 2.01. The van der Waals surface area contributed by atoms with E-state index in [1.165, 1.54) is 17.4 Å². The zero-order valence-corrected chi connectivity index (χ0v) is 16.0. The number of aliphatic imine (C=N–C) groups is 1. The average Bonchev–Trinajstić information content (AvgIpc) is 3.09. The van der Waals surface area contributed by atoms with Gasteiger partial charge in [0.05, 0.1) is 17.6 Å². The maximum atomic E-state index is 13.6. The van der Waals surface area contributed by atoms with Gasteiger partial charge in [-0.15, -0.1) is 11.3 Å². The van der Waals surface area contributed by atoms with Crippen LogP contribution in [0.2, 0.25) is 0 Å². The van der Waals surface area contributed by atoms with E-state index in [1.54, 1.807) is 13.0 Å². The van der Waals surface area contributed by atoms with E-state index in [2.05, 4.69) is 31.6 Å². The standard InChI is InChI=1S/C17H21BrFN3OS/c1-3-20-16(21-10-12-6-7-13(18)14(19)9-12)22-11-17(2,23)15-5-4-8-24-15/h4-9,23H,3,10-11H2,1-2H3,(H2,20,21,22). The van der Waals surface area contributed by atoms with E-state index in [4.69, 9.17) is 0 Å². The van der Waals surface area contributed by atoms with Crippen LogP contribution in [0, 0.1) is 5.82 Å². The molecule has 0 aliphatic rings. The molecule has 1 aromatic heterocycles. The summed E-state index contributed by atoms with van der Waals surface area (Å²) in [7, 11) is 0. The van der Waals surface area contributed by atoms with Crippen molar-refractivity contribution in [1.82, 2.24) is 10.6 Å². The first-order valence-corrected chi connectivity index (χ1v) is 9.32. The molecule has 1 aromatic carbocycles. The van der Waals surface area contributed by atoms with Gasteiger partial charge in [-0.1, -0.05) is 12.1 Å². The Hall–Kier alpha value is -1.44. The highest BCUT2D eigenvalue weighted by Crippen LogP contribution is 2.24. The quantitative estimate of drug-likeness (QED) is 0.500. The van der Waals surface area contributed by atoms with E-state index in [-0.39, 0.29) is 5.82 Å². The number of hydrogen-bond donors (Lipinski definition) is 3. The molecular weight excluding hydrogens is 393 g/mol. The number of thiophene rings is 1. The number of nitrogens with one attached hydrogen (secondary N) is 2. The number of benzene rings is 1. The summed E-state index contributed by atoms with van der Waals surface area (Å²) in [6.45, 7) is 5.10. The van der Waals surface area contributed by atoms with Crippen LogP contribution in [0.25, 0.3) is 0 Å². The minimum absolute atomic E-state index is 0.304. The second-order valence-corrected chi connectivity index (χ2v) is 7.35. The fourth-order valence-electron chi connectivity index (χ4n) is 2.08. The summed E-state index contributed by atoms with van der Waals surface area (Å²) in [5, 5.41) is 18.8. The van der Waals surface area contributed by atoms with Gasteiger partial charge in [0.2, 0.25) is 0 Å². The number of rotatable bonds is 6. The fourth-order valence-corrected chi connectivity index (χ4v) is 3.11. The fraction of sp³-hybridized carbons (Fsp3) is 0.353. The lowest BCUT2D eigenvalue weighted by molar-refractivity contribution is 0.0655. The predicted molar refractivity (Wildman–Crippen MR) is 101 cm³/mol. The number of nitrogens with zero attached hydrogens (tertiary/aromatic N) is 1. The molecule has 130 valence electrons. The van der Waals surface area contributed by atoms with Crippen molar-refractivity contribution in [3.63, 3.8) is 0 Å². The smallest absolute Gasteiger partial charge is 0.191 e. The van der Waals surface area contributed by atoms with Crippen molar-refractivity contribution in [3.8, 4) is 0 Å². The third kappa shape index (κ3) is 5.29. The third-order valence-electron chi connectivity index (χ3n) is 3.40. The van der Waals surface area contributed by atoms with Crippen molar-refractivity contribution < 1.29 is 9.50 Å². The van der Waals surface area contributed by atoms with Crippen molar-refractivity contribution in [2.45, 2.75) is 26.0 Å². The van der Waals surface area contributed by atoms with Crippen molar-refractivity contribution in [2.75, 3.05) is 13.1 Å². The molecule has 0 aliphatic heterocycles. The van der Waals surface area contributed by atoms with Crippen LogP contribution in [-0.2, 0) is 12.1 Å². The molecule has 3 N–H and O–H groups in total. The number of guanidine groups is 1. The second-order valence-electron chi connectivity index (χ2n) is 5.55. The van der Waals surface area contributed by atoms with Crippen molar-refractivity contribution in [2.24, 2.45) is 4.99 Å². The summed E-state index contributed by atoms with van der Waals surface area (Å²) in [4.78, 5) is 5.33. The van der Waals surface area contributed by atoms with Crippen LogP contribution in [0.15, 0.2) is 45.2 Å². The zero-order chi connectivity index (χ0) is 17.6. The summed E-state index contributed by atoms with van der Waals surface area (Å²) < 4.78 is 14.0. The monoisotopic (exact) mass is 413 g/mol. The van der Waals surface area contributed by atoms with Crippen LogP contribution in [-0.4, -0.2) is 24.2 Å². The van der Waals surface area contributed by atoms with E-state index >= 15 is 0 Å². The molecule has 2 aromatic rings. The highest BCUT2D eigenvalue weighted by molar-refractivity contribution is 9.10. The van der Waals surface area contributed by atoms with Crippen LogP contribution in [0.3, 0.4) is 0 Å². The van der Waals surface area contributed by atoms with Gasteiger partial charge in [-0.05, 0) is 58.9 Å². The maximum absolute atomic E-state index is 13.6. The second kappa shape index (κ2) is 8.60. The van der Waals surface area contributed by atoms with E-state index < -0.39 is 5.60 Å². The topological polar surface area (TPSA) is 56.7 Å². The zero-order valence-electron chi connectivity index (χ0n) is 13.6. The van der Waals surface area contributed by atoms with Gasteiger partial charge in [0.25, 0.3) is 0 Å². The third-order valence-corrected chi connectivity index (χ3v) is 5.17. The number of halogens is 2. The molecule has 0 aliphatic carbocycles. The Labute approximate surface area is 154 Å². The minimum Gasteiger partial charge on any atom is -0.383 e. The first kappa shape index (κ1) is 18.9. The molecule has 1 heterocycles. The molecule has 0 saturated heterocycles. The number of aliphatic hydroxyl groups is 1. The highest BCUT2D eigenvalue weighted by Gasteiger charge is 2.24. The first-order chi connectivity index (χ1) is 11.4. The summed E-state index contributed by atoms with van der Waals surface area (Å²) in [6, 6.07) is 8.76. The Bertz CT molecular complexity index is 689. The minimum atomic E-state index is -0.978. The summed E-state index contributed by atoms with van der Waals surface area (Å²) >= 11 is 4.65. The van der Waals surface area contributed by atoms with Crippen molar-refractivity contribution >= 4 is 33.2 Å². The van der Waals surface area contributed by atoms with Crippen LogP contribution < -0.4 is 10.6 Å². The average molecular weight is 414 g/mol. The van der Waals surface area contributed by atoms with Gasteiger partial charge in [-0.25, -0.2) is 9.38 Å². The van der Waals surface area contributed by atoms with Gasteiger partial charge in [0.15, 0.2) is 5.96 Å². The lowest BCUT2D eigenvalue weighted by atomic mass is 10.1. The molecule has 0 fully saturated rings. The first-order valence-electron chi connectivity index (χ1n) is 7.65. The molecule has 4 nitrogen and oxygen atoms in total. The van der Waals surface area contributed by atoms with E-state index in [1.807, 2.05) is 30.5 Å². The van der Waals surface area contributed by atoms with Crippen LogP contribution >= 0.6 is 27.3 Å². The van der Waals surface area contributed by atoms with Crippen LogP contribution in [0.1, 0.15) is 24.3 Å². The lowest BCUT2D eigenvalue weighted by Crippen LogP contribution is -2.44. The Morgan fingerprint density at radius 3 is 2.79 bits per heavy atom. The molecule has 0 radical (unpaired) electrons. The molecule has 0 amide bonds. The SMILES string of the molecule is CCNC(=NCc1ccc(Br)c(F)c1)NCC(C)(O)c1cccs1. The summed E-state index contributed by atoms with van der Waals surface area (Å²) in [6.07, 6.45) is 0. The normalized spacial score (nSPS) is 14.3. The van der Waals surface area contributed by atoms with Gasteiger partial charge in [0.1, 0.15) is 11.4 Å². The van der Waals surface area contributed by atoms with Gasteiger partial charge in [-0.3, -0.25) is 0 Å². The molecule has 0 bridgehead atoms. The van der Waals surface area contributed by atoms with E-state index in [0.717, 1.165) is 10.4 Å². The number of hydrogen-bond acceptors (Lipinski definition) is 3. The molecule has 1 atom stereocenters. The van der Waals surface area contributed by atoms with Gasteiger partial charge < -0.3 is 15.7 Å². The van der Waals surface area contributed by atoms with Crippen molar-refractivity contribution in [1.29, 1.82) is 0 Å². The maximum Gasteiger partial charge on any atom is 0.191 e. The molecule has 0 spiro atoms. The summed E-state index contributed by atoms with van der Waals surface area (Å²) in [5.41, 5.74) is -0.202. The largest absolute Gasteiger partial charge is 0.383 e. The Morgan fingerprint density at radius 1 is 1.38 bits per heavy atom. The van der Waals surface area contributed by atoms with E-state index in [0.29, 0.717) is 30.1 Å². The molecule has 0 saturated carbocycles. The van der Waals surface area contributed by atoms with Gasteiger partial charge >= 0.3 is 0 Å². The van der Waals surface area contributed by atoms with Crippen LogP contribution in [0.5, 0.6) is 0 Å². The Kier molecular flexibility index (Phi) is 6.77. The molecule has 24 heavy (non-hydrogen) atoms. The summed E-state index contributed by atoms with van der Waals surface area (Å²) in [5.74, 6) is 0.277. The molecular formula is C17H21BrFN3OS. The van der Waals surface area contributed by atoms with Gasteiger partial charge in [0, 0.05) is 11.4 Å². The molecule has 1 unspecified atom stereocenters. The highest BCUT2D eigenvalue weighted by atomic mass is 79.9. The van der Waals surface area contributed by atoms with Crippen LogP contribution in [0.4, 0.5) is 4.39 Å². The van der Waals surface area contributed by atoms with Crippen molar-refractivity contribution in [3.05, 3.63) is 56.4 Å². The van der Waals surface area contributed by atoms with E-state index in [9.17, 15) is 9.50 Å². The molecule has 7 heteroatoms. The van der Waals surface area contributed by atoms with Gasteiger partial charge in [-0.2, -0.15) is 0 Å².